The van der Waals surface area contributed by atoms with E-state index in [-0.39, 0.29) is 5.69 Å². The largest absolute Gasteiger partial charge is 0.306 e. The molecule has 7 heteroatoms. The van der Waals surface area contributed by atoms with E-state index < -0.39 is 4.92 Å². The number of imidazole rings is 2. The third kappa shape index (κ3) is 2.34. The number of unbranched alkanes of at least 4 members (excludes halogenated alkanes) is 1. The molecule has 0 bridgehead atoms. The first-order valence-corrected chi connectivity index (χ1v) is 7.29. The van der Waals surface area contributed by atoms with E-state index in [9.17, 15) is 10.1 Å². The number of non-ortho nitro benzene ring substituents is 1. The van der Waals surface area contributed by atoms with Crippen LogP contribution in [0.4, 0.5) is 5.69 Å². The maximum Gasteiger partial charge on any atom is 0.306 e. The maximum absolute atomic E-state index is 11.1. The number of hydrogen-bond donors (Lipinski definition) is 0. The standard InChI is InChI=1S/C15H18N5O2/c1-3-4-8-18-9-10-19(11-18)15-16-14-12(17(15)2)6-5-7-13(14)20(21)22/h5-7,9-11H,3-4,8H2,1-2H3/q+1. The van der Waals surface area contributed by atoms with Crippen molar-refractivity contribution in [3.8, 4) is 5.95 Å². The lowest BCUT2D eigenvalue weighted by atomic mass is 10.3. The summed E-state index contributed by atoms with van der Waals surface area (Å²) in [5.74, 6) is 0.666. The summed E-state index contributed by atoms with van der Waals surface area (Å²) in [7, 11) is 1.87. The van der Waals surface area contributed by atoms with E-state index in [0.717, 1.165) is 24.9 Å². The SMILES string of the molecule is CCCC[n+]1ccn(-c2nc3c([N+](=O)[O-])cccc3n2C)c1. The Morgan fingerprint density at radius 1 is 1.41 bits per heavy atom. The number of aromatic nitrogens is 4. The van der Waals surface area contributed by atoms with E-state index in [1.54, 1.807) is 6.07 Å². The molecule has 0 saturated heterocycles. The molecule has 0 unspecified atom stereocenters. The molecule has 2 heterocycles. The highest BCUT2D eigenvalue weighted by atomic mass is 16.6. The quantitative estimate of drug-likeness (QED) is 0.412. The normalized spacial score (nSPS) is 11.2. The van der Waals surface area contributed by atoms with Crippen LogP contribution in [0.2, 0.25) is 0 Å². The molecule has 0 atom stereocenters. The lowest BCUT2D eigenvalue weighted by Gasteiger charge is -1.97. The first-order valence-electron chi connectivity index (χ1n) is 7.29. The Kier molecular flexibility index (Phi) is 3.62. The summed E-state index contributed by atoms with van der Waals surface area (Å²) in [6.07, 6.45) is 8.12. The average Bonchev–Trinajstić information content (AvgIpc) is 3.10. The average molecular weight is 300 g/mol. The summed E-state index contributed by atoms with van der Waals surface area (Å²) in [5.41, 5.74) is 1.20. The summed E-state index contributed by atoms with van der Waals surface area (Å²) < 4.78 is 5.85. The van der Waals surface area contributed by atoms with E-state index >= 15 is 0 Å². The molecular weight excluding hydrogens is 282 g/mol. The Morgan fingerprint density at radius 3 is 2.95 bits per heavy atom. The first-order chi connectivity index (χ1) is 10.6. The van der Waals surface area contributed by atoms with Crippen LogP contribution < -0.4 is 4.57 Å². The van der Waals surface area contributed by atoms with Gasteiger partial charge in [-0.3, -0.25) is 14.7 Å². The van der Waals surface area contributed by atoms with Gasteiger partial charge in [0.05, 0.1) is 17.0 Å². The fourth-order valence-electron chi connectivity index (χ4n) is 2.55. The zero-order chi connectivity index (χ0) is 15.7. The fourth-order valence-corrected chi connectivity index (χ4v) is 2.55. The number of nitro benzene ring substituents is 1. The number of aryl methyl sites for hydroxylation is 2. The summed E-state index contributed by atoms with van der Waals surface area (Å²) in [6.45, 7) is 3.11. The second-order valence-corrected chi connectivity index (χ2v) is 5.29. The van der Waals surface area contributed by atoms with Gasteiger partial charge in [0, 0.05) is 13.1 Å². The minimum Gasteiger partial charge on any atom is -0.293 e. The Bertz CT molecular complexity index is 834. The second-order valence-electron chi connectivity index (χ2n) is 5.29. The van der Waals surface area contributed by atoms with Gasteiger partial charge in [-0.15, -0.1) is 0 Å². The predicted molar refractivity (Wildman–Crippen MR) is 81.8 cm³/mol. The smallest absolute Gasteiger partial charge is 0.293 e. The number of hydrogen-bond acceptors (Lipinski definition) is 3. The van der Waals surface area contributed by atoms with E-state index in [4.69, 9.17) is 0 Å². The molecule has 0 spiro atoms. The van der Waals surface area contributed by atoms with Crippen LogP contribution in [0.15, 0.2) is 36.9 Å². The second kappa shape index (κ2) is 5.59. The zero-order valence-corrected chi connectivity index (χ0v) is 12.6. The van der Waals surface area contributed by atoms with Crippen molar-refractivity contribution in [1.82, 2.24) is 14.1 Å². The number of fused-ring (bicyclic) bond motifs is 1. The molecule has 0 aliphatic heterocycles. The maximum atomic E-state index is 11.1. The van der Waals surface area contributed by atoms with Gasteiger partial charge >= 0.3 is 5.95 Å². The van der Waals surface area contributed by atoms with Gasteiger partial charge in [-0.25, -0.2) is 4.57 Å². The number of benzene rings is 1. The van der Waals surface area contributed by atoms with E-state index in [1.807, 2.05) is 41.0 Å². The minimum atomic E-state index is -0.393. The van der Waals surface area contributed by atoms with Crippen molar-refractivity contribution in [3.63, 3.8) is 0 Å². The van der Waals surface area contributed by atoms with Crippen LogP contribution in [0.1, 0.15) is 19.8 Å². The summed E-state index contributed by atoms with van der Waals surface area (Å²) in [5, 5.41) is 11.1. The van der Waals surface area contributed by atoms with Crippen LogP contribution in [0, 0.1) is 10.1 Å². The molecule has 1 aromatic carbocycles. The van der Waals surface area contributed by atoms with Gasteiger partial charge in [0.15, 0.2) is 5.52 Å². The van der Waals surface area contributed by atoms with Crippen LogP contribution in [0.5, 0.6) is 0 Å². The van der Waals surface area contributed by atoms with E-state index in [2.05, 4.69) is 16.5 Å². The molecule has 3 rings (SSSR count). The third-order valence-electron chi connectivity index (χ3n) is 3.76. The minimum absolute atomic E-state index is 0.0327. The molecule has 0 aliphatic rings. The molecule has 22 heavy (non-hydrogen) atoms. The van der Waals surface area contributed by atoms with Gasteiger partial charge in [0.2, 0.25) is 0 Å². The van der Waals surface area contributed by atoms with Crippen molar-refractivity contribution in [3.05, 3.63) is 47.0 Å². The molecule has 0 saturated carbocycles. The Labute approximate surface area is 127 Å². The van der Waals surface area contributed by atoms with Crippen LogP contribution in [0.25, 0.3) is 17.0 Å². The summed E-state index contributed by atoms with van der Waals surface area (Å²) >= 11 is 0. The Balaban J connectivity index is 2.08. The van der Waals surface area contributed by atoms with Gasteiger partial charge in [-0.05, 0) is 12.5 Å². The summed E-state index contributed by atoms with van der Waals surface area (Å²) in [6, 6.07) is 5.01. The van der Waals surface area contributed by atoms with Gasteiger partial charge < -0.3 is 0 Å². The molecule has 0 aliphatic carbocycles. The monoisotopic (exact) mass is 300 g/mol. The van der Waals surface area contributed by atoms with Crippen LogP contribution in [-0.2, 0) is 13.6 Å². The molecule has 3 aromatic rings. The molecule has 2 aromatic heterocycles. The number of nitrogens with zero attached hydrogens (tertiary/aromatic N) is 5. The molecule has 0 fully saturated rings. The number of para-hydroxylation sites is 1. The van der Waals surface area contributed by atoms with Crippen molar-refractivity contribution >= 4 is 16.7 Å². The molecule has 0 amide bonds. The lowest BCUT2D eigenvalue weighted by Crippen LogP contribution is -2.30. The predicted octanol–water partition coefficient (Wildman–Crippen LogP) is 2.36. The summed E-state index contributed by atoms with van der Waals surface area (Å²) in [4.78, 5) is 15.2. The van der Waals surface area contributed by atoms with Crippen LogP contribution in [0.3, 0.4) is 0 Å². The Morgan fingerprint density at radius 2 is 2.23 bits per heavy atom. The highest BCUT2D eigenvalue weighted by molar-refractivity contribution is 5.86. The molecular formula is C15H18N5O2+. The fraction of sp³-hybridized carbons (Fsp3) is 0.333. The van der Waals surface area contributed by atoms with Crippen LogP contribution >= 0.6 is 0 Å². The molecule has 7 nitrogen and oxygen atoms in total. The van der Waals surface area contributed by atoms with Crippen molar-refractivity contribution in [2.75, 3.05) is 0 Å². The van der Waals surface area contributed by atoms with Crippen molar-refractivity contribution < 1.29 is 9.49 Å². The van der Waals surface area contributed by atoms with Crippen LogP contribution in [-0.4, -0.2) is 19.0 Å². The Hall–Kier alpha value is -2.70. The van der Waals surface area contributed by atoms with Gasteiger partial charge in [0.1, 0.15) is 12.4 Å². The number of nitro groups is 1. The molecule has 114 valence electrons. The highest BCUT2D eigenvalue weighted by Gasteiger charge is 2.21. The number of rotatable bonds is 5. The zero-order valence-electron chi connectivity index (χ0n) is 12.6. The lowest BCUT2D eigenvalue weighted by molar-refractivity contribution is -0.696. The van der Waals surface area contributed by atoms with Crippen molar-refractivity contribution in [2.45, 2.75) is 26.3 Å². The van der Waals surface area contributed by atoms with Gasteiger partial charge in [-0.2, -0.15) is 9.55 Å². The van der Waals surface area contributed by atoms with Crippen molar-refractivity contribution in [1.29, 1.82) is 0 Å². The topological polar surface area (TPSA) is 69.8 Å². The first kappa shape index (κ1) is 14.2. The van der Waals surface area contributed by atoms with Gasteiger partial charge in [0.25, 0.3) is 12.0 Å². The highest BCUT2D eigenvalue weighted by Crippen LogP contribution is 2.26. The van der Waals surface area contributed by atoms with E-state index in [1.165, 1.54) is 6.07 Å². The van der Waals surface area contributed by atoms with Gasteiger partial charge in [-0.1, -0.05) is 19.4 Å². The van der Waals surface area contributed by atoms with E-state index in [0.29, 0.717) is 11.5 Å². The van der Waals surface area contributed by atoms with Crippen molar-refractivity contribution in [2.24, 2.45) is 7.05 Å². The molecule has 0 radical (unpaired) electrons. The third-order valence-corrected chi connectivity index (χ3v) is 3.76. The molecule has 0 N–H and O–H groups in total.